The number of hydrogen-bond acceptors (Lipinski definition) is 3. The van der Waals surface area contributed by atoms with Crippen LogP contribution in [0.1, 0.15) is 20.3 Å². The maximum Gasteiger partial charge on any atom is 0.261 e. The number of carbonyl (C=O) groups excluding carboxylic acids is 1. The predicted octanol–water partition coefficient (Wildman–Crippen LogP) is 1.02. The molecule has 0 radical (unpaired) electrons. The number of carbonyl (C=O) groups is 1. The van der Waals surface area contributed by atoms with Gasteiger partial charge in [-0.25, -0.2) is 5.84 Å². The summed E-state index contributed by atoms with van der Waals surface area (Å²) in [5.41, 5.74) is 2.84. The van der Waals surface area contributed by atoms with Crippen molar-refractivity contribution >= 4 is 17.7 Å². The number of hydrazine groups is 1. The van der Waals surface area contributed by atoms with Gasteiger partial charge >= 0.3 is 0 Å². The molecule has 0 aliphatic heterocycles. The smallest absolute Gasteiger partial charge is 0.261 e. The standard InChI is InChI=1S/C7H14N2OS/c1-3-6(5-11-4-2)7(10)9-8/h5H,3-4,8H2,1-2H3,(H,9,10)/b6-5+. The average molecular weight is 174 g/mol. The van der Waals surface area contributed by atoms with Crippen molar-refractivity contribution in [3.8, 4) is 0 Å². The molecular formula is C7H14N2OS. The van der Waals surface area contributed by atoms with E-state index in [0.29, 0.717) is 0 Å². The summed E-state index contributed by atoms with van der Waals surface area (Å²) in [6.07, 6.45) is 0.718. The van der Waals surface area contributed by atoms with E-state index in [2.05, 4.69) is 5.43 Å². The fourth-order valence-electron chi connectivity index (χ4n) is 0.574. The van der Waals surface area contributed by atoms with E-state index in [4.69, 9.17) is 5.84 Å². The summed E-state index contributed by atoms with van der Waals surface area (Å²) in [5.74, 6) is 5.76. The molecule has 0 heterocycles. The summed E-state index contributed by atoms with van der Waals surface area (Å²) >= 11 is 1.61. The maximum absolute atomic E-state index is 10.9. The minimum Gasteiger partial charge on any atom is -0.290 e. The predicted molar refractivity (Wildman–Crippen MR) is 48.8 cm³/mol. The summed E-state index contributed by atoms with van der Waals surface area (Å²) in [6, 6.07) is 0. The van der Waals surface area contributed by atoms with Gasteiger partial charge in [0.2, 0.25) is 0 Å². The van der Waals surface area contributed by atoms with Crippen LogP contribution in [0.2, 0.25) is 0 Å². The highest BCUT2D eigenvalue weighted by Crippen LogP contribution is 2.09. The highest BCUT2D eigenvalue weighted by atomic mass is 32.2. The first-order valence-electron chi connectivity index (χ1n) is 3.57. The fourth-order valence-corrected chi connectivity index (χ4v) is 1.22. The molecule has 0 spiro atoms. The van der Waals surface area contributed by atoms with Gasteiger partial charge in [-0.2, -0.15) is 0 Å². The maximum atomic E-state index is 10.9. The Balaban J connectivity index is 4.03. The first kappa shape index (κ1) is 10.5. The Morgan fingerprint density at radius 3 is 2.64 bits per heavy atom. The molecule has 0 aliphatic carbocycles. The minimum absolute atomic E-state index is 0.187. The van der Waals surface area contributed by atoms with Crippen LogP contribution in [0.15, 0.2) is 11.0 Å². The quantitative estimate of drug-likeness (QED) is 0.289. The number of nitrogens with one attached hydrogen (secondary N) is 1. The molecule has 0 saturated carbocycles. The van der Waals surface area contributed by atoms with Crippen molar-refractivity contribution < 1.29 is 4.79 Å². The number of nitrogens with two attached hydrogens (primary N) is 1. The second kappa shape index (κ2) is 6.24. The van der Waals surface area contributed by atoms with Crippen LogP contribution in [0.5, 0.6) is 0 Å². The van der Waals surface area contributed by atoms with Crippen LogP contribution in [0.25, 0.3) is 0 Å². The zero-order valence-corrected chi connectivity index (χ0v) is 7.70. The van der Waals surface area contributed by atoms with Crippen molar-refractivity contribution in [2.24, 2.45) is 5.84 Å². The van der Waals surface area contributed by atoms with E-state index in [9.17, 15) is 4.79 Å². The first-order chi connectivity index (χ1) is 5.26. The van der Waals surface area contributed by atoms with Crippen molar-refractivity contribution in [2.75, 3.05) is 5.75 Å². The van der Waals surface area contributed by atoms with Crippen molar-refractivity contribution in [1.82, 2.24) is 5.43 Å². The molecule has 0 saturated heterocycles. The number of rotatable bonds is 4. The van der Waals surface area contributed by atoms with E-state index in [1.807, 2.05) is 19.3 Å². The van der Waals surface area contributed by atoms with E-state index in [1.165, 1.54) is 0 Å². The van der Waals surface area contributed by atoms with Crippen molar-refractivity contribution in [1.29, 1.82) is 0 Å². The molecule has 0 bridgehead atoms. The van der Waals surface area contributed by atoms with Crippen LogP contribution < -0.4 is 11.3 Å². The number of thioether (sulfide) groups is 1. The Kier molecular flexibility index (Phi) is 5.97. The van der Waals surface area contributed by atoms with E-state index < -0.39 is 0 Å². The Morgan fingerprint density at radius 2 is 2.27 bits per heavy atom. The monoisotopic (exact) mass is 174 g/mol. The lowest BCUT2D eigenvalue weighted by Crippen LogP contribution is -2.31. The molecule has 3 nitrogen and oxygen atoms in total. The molecule has 11 heavy (non-hydrogen) atoms. The second-order valence-corrected chi connectivity index (χ2v) is 3.07. The Bertz CT molecular complexity index is 157. The molecule has 0 fully saturated rings. The lowest BCUT2D eigenvalue weighted by molar-refractivity contribution is -0.117. The third-order valence-electron chi connectivity index (χ3n) is 1.20. The third kappa shape index (κ3) is 4.06. The van der Waals surface area contributed by atoms with E-state index in [0.717, 1.165) is 17.7 Å². The van der Waals surface area contributed by atoms with Gasteiger partial charge in [0.05, 0.1) is 0 Å². The normalized spacial score (nSPS) is 11.4. The van der Waals surface area contributed by atoms with Crippen molar-refractivity contribution in [2.45, 2.75) is 20.3 Å². The van der Waals surface area contributed by atoms with Crippen molar-refractivity contribution in [3.63, 3.8) is 0 Å². The third-order valence-corrected chi connectivity index (χ3v) is 1.98. The average Bonchev–Trinajstić information content (AvgIpc) is 2.05. The molecule has 0 aromatic heterocycles. The van der Waals surface area contributed by atoms with Crippen LogP contribution in [-0.2, 0) is 4.79 Å². The summed E-state index contributed by atoms with van der Waals surface area (Å²) in [5, 5.41) is 1.85. The van der Waals surface area contributed by atoms with E-state index >= 15 is 0 Å². The molecule has 3 N–H and O–H groups in total. The van der Waals surface area contributed by atoms with Gasteiger partial charge in [-0.1, -0.05) is 13.8 Å². The van der Waals surface area contributed by atoms with Gasteiger partial charge < -0.3 is 0 Å². The number of amides is 1. The lowest BCUT2D eigenvalue weighted by atomic mass is 10.2. The first-order valence-corrected chi connectivity index (χ1v) is 4.62. The van der Waals surface area contributed by atoms with Gasteiger partial charge in [-0.05, 0) is 17.6 Å². The molecule has 0 unspecified atom stereocenters. The molecule has 0 rings (SSSR count). The molecule has 1 amide bonds. The van der Waals surface area contributed by atoms with Gasteiger partial charge in [0.15, 0.2) is 0 Å². The topological polar surface area (TPSA) is 55.1 Å². The Labute approximate surface area is 71.4 Å². The Hall–Kier alpha value is -0.480. The molecular weight excluding hydrogens is 160 g/mol. The molecule has 0 aliphatic rings. The van der Waals surface area contributed by atoms with Crippen LogP contribution in [0.3, 0.4) is 0 Å². The van der Waals surface area contributed by atoms with Crippen LogP contribution in [-0.4, -0.2) is 11.7 Å². The van der Waals surface area contributed by atoms with Gasteiger partial charge in [0, 0.05) is 5.57 Å². The van der Waals surface area contributed by atoms with Crippen LogP contribution >= 0.6 is 11.8 Å². The molecule has 4 heteroatoms. The Morgan fingerprint density at radius 1 is 1.64 bits per heavy atom. The summed E-state index contributed by atoms with van der Waals surface area (Å²) < 4.78 is 0. The second-order valence-electron chi connectivity index (χ2n) is 1.93. The van der Waals surface area contributed by atoms with Gasteiger partial charge in [0.1, 0.15) is 0 Å². The zero-order valence-electron chi connectivity index (χ0n) is 6.89. The summed E-state index contributed by atoms with van der Waals surface area (Å²) in [7, 11) is 0. The fraction of sp³-hybridized carbons (Fsp3) is 0.571. The number of hydrogen-bond donors (Lipinski definition) is 2. The van der Waals surface area contributed by atoms with E-state index in [-0.39, 0.29) is 5.91 Å². The van der Waals surface area contributed by atoms with Crippen LogP contribution in [0, 0.1) is 0 Å². The lowest BCUT2D eigenvalue weighted by Gasteiger charge is -2.00. The SMILES string of the molecule is CCS/C=C(\CC)C(=O)NN. The van der Waals surface area contributed by atoms with Gasteiger partial charge in [-0.15, -0.1) is 11.8 Å². The zero-order chi connectivity index (χ0) is 8.69. The minimum atomic E-state index is -0.187. The van der Waals surface area contributed by atoms with Gasteiger partial charge in [0.25, 0.3) is 5.91 Å². The highest BCUT2D eigenvalue weighted by molar-refractivity contribution is 8.02. The van der Waals surface area contributed by atoms with Gasteiger partial charge in [-0.3, -0.25) is 10.2 Å². The van der Waals surface area contributed by atoms with Crippen LogP contribution in [0.4, 0.5) is 0 Å². The molecule has 0 atom stereocenters. The highest BCUT2D eigenvalue weighted by Gasteiger charge is 2.03. The molecule has 0 aromatic carbocycles. The van der Waals surface area contributed by atoms with E-state index in [1.54, 1.807) is 11.8 Å². The molecule has 64 valence electrons. The molecule has 0 aromatic rings. The largest absolute Gasteiger partial charge is 0.290 e. The van der Waals surface area contributed by atoms with Crippen molar-refractivity contribution in [3.05, 3.63) is 11.0 Å². The summed E-state index contributed by atoms with van der Waals surface area (Å²) in [4.78, 5) is 10.9. The summed E-state index contributed by atoms with van der Waals surface area (Å²) in [6.45, 7) is 3.96.